The molecule has 2 saturated heterocycles. The van der Waals surface area contributed by atoms with Gasteiger partial charge in [0.05, 0.1) is 23.2 Å². The molecule has 4 heterocycles. The maximum atomic E-state index is 14.2. The molecule has 4 aliphatic heterocycles. The zero-order valence-corrected chi connectivity index (χ0v) is 20.9. The van der Waals surface area contributed by atoms with Gasteiger partial charge in [-0.2, -0.15) is 0 Å². The first-order valence-corrected chi connectivity index (χ1v) is 13.4. The van der Waals surface area contributed by atoms with Crippen molar-refractivity contribution in [3.05, 3.63) is 53.6 Å². The van der Waals surface area contributed by atoms with Crippen LogP contribution in [0.3, 0.4) is 0 Å². The fourth-order valence-corrected chi connectivity index (χ4v) is 7.87. The minimum atomic E-state index is -0.869. The number of cyclic esters (lactones) is 1. The third-order valence-electron chi connectivity index (χ3n) is 7.30. The van der Waals surface area contributed by atoms with Crippen LogP contribution in [0.1, 0.15) is 25.7 Å². The van der Waals surface area contributed by atoms with Crippen molar-refractivity contribution in [2.75, 3.05) is 31.2 Å². The number of thioether (sulfide) groups is 1. The van der Waals surface area contributed by atoms with E-state index in [1.54, 1.807) is 45.8 Å². The van der Waals surface area contributed by atoms with Gasteiger partial charge in [0.1, 0.15) is 6.04 Å². The van der Waals surface area contributed by atoms with Gasteiger partial charge in [-0.1, -0.05) is 35.9 Å². The van der Waals surface area contributed by atoms with Crippen molar-refractivity contribution in [1.82, 2.24) is 4.90 Å². The van der Waals surface area contributed by atoms with Crippen molar-refractivity contribution in [3.63, 3.8) is 0 Å². The molecule has 0 aromatic heterocycles. The number of likely N-dealkylation sites (tertiary alicyclic amines) is 1. The Morgan fingerprint density at radius 3 is 2.69 bits per heavy atom. The lowest BCUT2D eigenvalue weighted by Gasteiger charge is -2.35. The molecule has 5 rings (SSSR count). The van der Waals surface area contributed by atoms with Crippen molar-refractivity contribution in [2.24, 2.45) is 11.8 Å². The topological polar surface area (TPSA) is 87.2 Å². The number of aliphatic hydroxyl groups is 1. The summed E-state index contributed by atoms with van der Waals surface area (Å²) in [6.07, 6.45) is 10.7. The summed E-state index contributed by atoms with van der Waals surface area (Å²) in [6, 6.07) is 6.33. The summed E-state index contributed by atoms with van der Waals surface area (Å²) in [5.41, 5.74) is 0.706. The number of fused-ring (bicyclic) bond motifs is 2. The lowest BCUT2D eigenvalue weighted by atomic mass is 9.78. The first kappa shape index (κ1) is 24.4. The lowest BCUT2D eigenvalue weighted by Crippen LogP contribution is -2.53. The van der Waals surface area contributed by atoms with Gasteiger partial charge in [-0.25, -0.2) is 0 Å². The summed E-state index contributed by atoms with van der Waals surface area (Å²) in [5, 5.41) is 9.65. The summed E-state index contributed by atoms with van der Waals surface area (Å²) in [7, 11) is 0. The monoisotopic (exact) mass is 516 g/mol. The Hall–Kier alpha value is -2.29. The molecule has 1 spiro atoms. The van der Waals surface area contributed by atoms with E-state index in [9.17, 15) is 19.5 Å². The maximum absolute atomic E-state index is 14.2. The van der Waals surface area contributed by atoms with Gasteiger partial charge in [-0.3, -0.25) is 14.4 Å². The van der Waals surface area contributed by atoms with E-state index in [0.717, 1.165) is 12.8 Å². The van der Waals surface area contributed by atoms with E-state index >= 15 is 0 Å². The van der Waals surface area contributed by atoms with Crippen LogP contribution in [0.2, 0.25) is 5.02 Å². The lowest BCUT2D eigenvalue weighted by molar-refractivity contribution is -0.153. The average molecular weight is 517 g/mol. The Kier molecular flexibility index (Phi) is 6.97. The van der Waals surface area contributed by atoms with Crippen molar-refractivity contribution >= 4 is 46.8 Å². The van der Waals surface area contributed by atoms with Crippen LogP contribution in [-0.2, 0) is 19.1 Å². The molecular weight excluding hydrogens is 488 g/mol. The van der Waals surface area contributed by atoms with E-state index in [1.807, 2.05) is 18.2 Å². The number of halogens is 1. The number of allylic oxidation sites excluding steroid dienone is 1. The first-order valence-electron chi connectivity index (χ1n) is 12.1. The molecular formula is C26H29ClN2O5S. The largest absolute Gasteiger partial charge is 0.465 e. The number of ether oxygens (including phenoxy) is 1. The second kappa shape index (κ2) is 9.99. The number of carbonyl (C=O) groups excluding carboxylic acids is 3. The summed E-state index contributed by atoms with van der Waals surface area (Å²) in [4.78, 5) is 44.7. The summed E-state index contributed by atoms with van der Waals surface area (Å²) in [5.74, 6) is -2.05. The zero-order chi connectivity index (χ0) is 24.6. The molecule has 9 heteroatoms. The minimum Gasteiger partial charge on any atom is -0.465 e. The van der Waals surface area contributed by atoms with Gasteiger partial charge < -0.3 is 19.6 Å². The first-order chi connectivity index (χ1) is 17.0. The molecule has 1 N–H and O–H groups in total. The van der Waals surface area contributed by atoms with Gasteiger partial charge in [-0.05, 0) is 49.9 Å². The van der Waals surface area contributed by atoms with E-state index in [2.05, 4.69) is 6.08 Å². The molecule has 0 aliphatic carbocycles. The Bertz CT molecular complexity index is 1060. The second-order valence-electron chi connectivity index (χ2n) is 9.37. The number of esters is 1. The number of nitrogens with zero attached hydrogens (tertiary/aromatic N) is 2. The number of hydrogen-bond acceptors (Lipinski definition) is 6. The highest BCUT2D eigenvalue weighted by atomic mass is 35.5. The van der Waals surface area contributed by atoms with Gasteiger partial charge in [0.25, 0.3) is 5.91 Å². The summed E-state index contributed by atoms with van der Waals surface area (Å²) < 4.78 is 4.71. The highest BCUT2D eigenvalue weighted by molar-refractivity contribution is 8.02. The Balaban J connectivity index is 1.58. The average Bonchev–Trinajstić information content (AvgIpc) is 3.25. The van der Waals surface area contributed by atoms with E-state index in [4.69, 9.17) is 16.3 Å². The van der Waals surface area contributed by atoms with Gasteiger partial charge >= 0.3 is 5.97 Å². The number of anilines is 1. The number of aliphatic hydroxyl groups excluding tert-OH is 1. The minimum absolute atomic E-state index is 0.0165. The molecule has 7 nitrogen and oxygen atoms in total. The molecule has 0 saturated carbocycles. The van der Waals surface area contributed by atoms with Crippen LogP contribution in [0, 0.1) is 11.8 Å². The normalized spacial score (nSPS) is 33.3. The molecule has 1 aromatic rings. The Morgan fingerprint density at radius 2 is 1.91 bits per heavy atom. The van der Waals surface area contributed by atoms with Gasteiger partial charge in [0.2, 0.25) is 5.91 Å². The number of carbonyl (C=O) groups is 3. The van der Waals surface area contributed by atoms with Crippen LogP contribution in [0.25, 0.3) is 0 Å². The third kappa shape index (κ3) is 4.19. The van der Waals surface area contributed by atoms with Crippen molar-refractivity contribution in [1.29, 1.82) is 0 Å². The van der Waals surface area contributed by atoms with Crippen LogP contribution < -0.4 is 4.90 Å². The molecule has 4 aliphatic rings. The Labute approximate surface area is 214 Å². The predicted molar refractivity (Wildman–Crippen MR) is 135 cm³/mol. The van der Waals surface area contributed by atoms with Gasteiger partial charge in [0.15, 0.2) is 0 Å². The third-order valence-corrected chi connectivity index (χ3v) is 9.29. The molecule has 5 atom stereocenters. The smallest absolute Gasteiger partial charge is 0.311 e. The highest BCUT2D eigenvalue weighted by Crippen LogP contribution is 2.60. The number of amides is 2. The number of hydrogen-bond donors (Lipinski definition) is 1. The fraction of sp³-hybridized carbons (Fsp3) is 0.500. The maximum Gasteiger partial charge on any atom is 0.311 e. The number of rotatable bonds is 5. The SMILES string of the molecule is O=C1OCCC/C=C\[C@H]2S[C@]34C=CCN(c5ccc(Cl)cc5)C(=O)C3N(CCCCO)C(=O)[C@@H]4[C@@H]12. The highest BCUT2D eigenvalue weighted by Gasteiger charge is 2.70. The Morgan fingerprint density at radius 1 is 1.11 bits per heavy atom. The molecule has 35 heavy (non-hydrogen) atoms. The van der Waals surface area contributed by atoms with E-state index in [1.165, 1.54) is 0 Å². The van der Waals surface area contributed by atoms with Crippen LogP contribution >= 0.6 is 23.4 Å². The standard InChI is InChI=1S/C26H29ClN2O5S/c27-17-8-10-18(11-9-17)28-14-6-12-26-21(20-19(35-26)7-2-1-5-16-34-25(20)33)23(31)29(13-3-4-15-30)22(26)24(28)32/h2,6-12,19-22,30H,1,3-5,13-16H2/b7-2-/t19-,20+,21+,22?,26+/m1/s1. The quantitative estimate of drug-likeness (QED) is 0.367. The number of unbranched alkanes of at least 4 members (excludes halogenated alkanes) is 1. The van der Waals surface area contributed by atoms with Crippen LogP contribution in [-0.4, -0.2) is 70.1 Å². The number of benzene rings is 1. The second-order valence-corrected chi connectivity index (χ2v) is 11.3. The van der Waals surface area contributed by atoms with E-state index < -0.39 is 22.6 Å². The van der Waals surface area contributed by atoms with E-state index in [0.29, 0.717) is 43.2 Å². The molecule has 0 radical (unpaired) electrons. The van der Waals surface area contributed by atoms with Crippen molar-refractivity contribution < 1.29 is 24.2 Å². The van der Waals surface area contributed by atoms with Crippen LogP contribution in [0.5, 0.6) is 0 Å². The summed E-state index contributed by atoms with van der Waals surface area (Å²) >= 11 is 7.61. The predicted octanol–water partition coefficient (Wildman–Crippen LogP) is 3.21. The molecule has 1 aromatic carbocycles. The van der Waals surface area contributed by atoms with E-state index in [-0.39, 0.29) is 29.6 Å². The fourth-order valence-electron chi connectivity index (χ4n) is 5.74. The van der Waals surface area contributed by atoms with Gasteiger partial charge in [-0.15, -0.1) is 11.8 Å². The molecule has 186 valence electrons. The molecule has 0 bridgehead atoms. The van der Waals surface area contributed by atoms with Crippen molar-refractivity contribution in [3.8, 4) is 0 Å². The van der Waals surface area contributed by atoms with Crippen molar-refractivity contribution in [2.45, 2.75) is 41.7 Å². The summed E-state index contributed by atoms with van der Waals surface area (Å²) in [6.45, 7) is 1.05. The van der Waals surface area contributed by atoms with Crippen LogP contribution in [0.4, 0.5) is 5.69 Å². The van der Waals surface area contributed by atoms with Crippen LogP contribution in [0.15, 0.2) is 48.6 Å². The zero-order valence-electron chi connectivity index (χ0n) is 19.3. The van der Waals surface area contributed by atoms with Gasteiger partial charge in [0, 0.05) is 35.7 Å². The molecule has 2 amide bonds. The molecule has 2 fully saturated rings. The molecule has 1 unspecified atom stereocenters.